The molecule has 3 heteroatoms. The van der Waals surface area contributed by atoms with E-state index in [2.05, 4.69) is 4.98 Å². The molecule has 1 aromatic heterocycles. The molecule has 0 spiro atoms. The lowest BCUT2D eigenvalue weighted by Gasteiger charge is -1.94. The number of rotatable bonds is 2. The van der Waals surface area contributed by atoms with Crippen LogP contribution in [0.5, 0.6) is 0 Å². The fraction of sp³-hybridized carbons (Fsp3) is 0.333. The summed E-state index contributed by atoms with van der Waals surface area (Å²) in [5.41, 5.74) is 0.907. The van der Waals surface area contributed by atoms with Crippen LogP contribution in [0.15, 0.2) is 24.4 Å². The average molecular weight is 163 g/mol. The third-order valence-electron chi connectivity index (χ3n) is 2.18. The number of pyridine rings is 1. The molecule has 1 saturated carbocycles. The van der Waals surface area contributed by atoms with Crippen molar-refractivity contribution in [1.82, 2.24) is 4.98 Å². The minimum atomic E-state index is -0.703. The summed E-state index contributed by atoms with van der Waals surface area (Å²) < 4.78 is 0. The zero-order valence-corrected chi connectivity index (χ0v) is 6.47. The number of carboxylic acids is 1. The summed E-state index contributed by atoms with van der Waals surface area (Å²) in [5, 5.41) is 8.66. The van der Waals surface area contributed by atoms with E-state index in [1.807, 2.05) is 18.2 Å². The summed E-state index contributed by atoms with van der Waals surface area (Å²) in [6.07, 6.45) is 2.44. The van der Waals surface area contributed by atoms with E-state index in [9.17, 15) is 4.79 Å². The fourth-order valence-electron chi connectivity index (χ4n) is 1.39. The Labute approximate surface area is 70.1 Å². The molecule has 0 saturated heterocycles. The van der Waals surface area contributed by atoms with E-state index in [0.717, 1.165) is 12.1 Å². The van der Waals surface area contributed by atoms with Crippen LogP contribution in [0.3, 0.4) is 0 Å². The third kappa shape index (κ3) is 1.18. The Bertz CT molecular complexity index is 297. The zero-order chi connectivity index (χ0) is 8.55. The Morgan fingerprint density at radius 2 is 2.42 bits per heavy atom. The molecule has 1 N–H and O–H groups in total. The van der Waals surface area contributed by atoms with Gasteiger partial charge in [0, 0.05) is 17.8 Å². The second-order valence-corrected chi connectivity index (χ2v) is 3.04. The van der Waals surface area contributed by atoms with E-state index in [-0.39, 0.29) is 11.8 Å². The number of aliphatic carboxylic acids is 1. The Morgan fingerprint density at radius 1 is 1.58 bits per heavy atom. The van der Waals surface area contributed by atoms with Gasteiger partial charge in [0.05, 0.1) is 5.92 Å². The molecule has 1 aliphatic carbocycles. The predicted octanol–water partition coefficient (Wildman–Crippen LogP) is 1.27. The molecule has 2 rings (SSSR count). The maximum absolute atomic E-state index is 10.5. The first-order valence-electron chi connectivity index (χ1n) is 3.93. The highest BCUT2D eigenvalue weighted by molar-refractivity contribution is 5.75. The highest BCUT2D eigenvalue weighted by Crippen LogP contribution is 2.46. The van der Waals surface area contributed by atoms with Crippen LogP contribution in [0.1, 0.15) is 18.0 Å². The molecule has 3 nitrogen and oxygen atoms in total. The second-order valence-electron chi connectivity index (χ2n) is 3.04. The standard InChI is InChI=1S/C9H9NO2/c11-9(12)7-5-6(7)8-3-1-2-4-10-8/h1-4,6-7H,5H2,(H,11,12)/t6-,7-/m0/s1. The first kappa shape index (κ1) is 7.28. The van der Waals surface area contributed by atoms with E-state index in [1.54, 1.807) is 6.20 Å². The van der Waals surface area contributed by atoms with Gasteiger partial charge in [0.15, 0.2) is 0 Å². The quantitative estimate of drug-likeness (QED) is 0.714. The highest BCUT2D eigenvalue weighted by Gasteiger charge is 2.44. The molecule has 0 radical (unpaired) electrons. The smallest absolute Gasteiger partial charge is 0.307 e. The van der Waals surface area contributed by atoms with Gasteiger partial charge in [0.25, 0.3) is 0 Å². The van der Waals surface area contributed by atoms with Gasteiger partial charge in [-0.1, -0.05) is 6.07 Å². The van der Waals surface area contributed by atoms with Crippen LogP contribution in [-0.4, -0.2) is 16.1 Å². The topological polar surface area (TPSA) is 50.2 Å². The van der Waals surface area contributed by atoms with Gasteiger partial charge in [-0.3, -0.25) is 9.78 Å². The predicted molar refractivity (Wildman–Crippen MR) is 42.7 cm³/mol. The van der Waals surface area contributed by atoms with Crippen LogP contribution in [0.25, 0.3) is 0 Å². The molecule has 2 atom stereocenters. The van der Waals surface area contributed by atoms with Crippen molar-refractivity contribution in [2.24, 2.45) is 5.92 Å². The second kappa shape index (κ2) is 2.59. The van der Waals surface area contributed by atoms with E-state index in [0.29, 0.717) is 0 Å². The summed E-state index contributed by atoms with van der Waals surface area (Å²) in [7, 11) is 0. The molecule has 1 aromatic rings. The zero-order valence-electron chi connectivity index (χ0n) is 6.47. The largest absolute Gasteiger partial charge is 0.481 e. The van der Waals surface area contributed by atoms with Crippen molar-refractivity contribution in [1.29, 1.82) is 0 Å². The molecule has 0 amide bonds. The van der Waals surface area contributed by atoms with Crippen molar-refractivity contribution in [2.75, 3.05) is 0 Å². The van der Waals surface area contributed by atoms with Crippen LogP contribution in [0.4, 0.5) is 0 Å². The van der Waals surface area contributed by atoms with Gasteiger partial charge in [-0.05, 0) is 18.6 Å². The lowest BCUT2D eigenvalue weighted by atomic mass is 10.2. The molecule has 1 aliphatic rings. The Kier molecular flexibility index (Phi) is 1.57. The summed E-state index contributed by atoms with van der Waals surface area (Å²) in [6.45, 7) is 0. The summed E-state index contributed by atoms with van der Waals surface area (Å²) in [6, 6.07) is 5.61. The number of carbonyl (C=O) groups is 1. The minimum Gasteiger partial charge on any atom is -0.481 e. The minimum absolute atomic E-state index is 0.156. The summed E-state index contributed by atoms with van der Waals surface area (Å²) in [4.78, 5) is 14.6. The van der Waals surface area contributed by atoms with E-state index < -0.39 is 5.97 Å². The van der Waals surface area contributed by atoms with Gasteiger partial charge in [-0.2, -0.15) is 0 Å². The van der Waals surface area contributed by atoms with Gasteiger partial charge in [0.1, 0.15) is 0 Å². The van der Waals surface area contributed by atoms with Crippen LogP contribution in [0, 0.1) is 5.92 Å². The van der Waals surface area contributed by atoms with E-state index >= 15 is 0 Å². The normalized spacial score (nSPS) is 26.7. The maximum atomic E-state index is 10.5. The monoisotopic (exact) mass is 163 g/mol. The molecule has 62 valence electrons. The molecular weight excluding hydrogens is 154 g/mol. The van der Waals surface area contributed by atoms with Gasteiger partial charge in [-0.15, -0.1) is 0 Å². The Balaban J connectivity index is 2.11. The molecule has 0 unspecified atom stereocenters. The van der Waals surface area contributed by atoms with Crippen molar-refractivity contribution in [2.45, 2.75) is 12.3 Å². The first-order chi connectivity index (χ1) is 5.79. The number of aromatic nitrogens is 1. The van der Waals surface area contributed by atoms with Gasteiger partial charge in [-0.25, -0.2) is 0 Å². The van der Waals surface area contributed by atoms with Crippen molar-refractivity contribution in [3.63, 3.8) is 0 Å². The maximum Gasteiger partial charge on any atom is 0.307 e. The molecule has 1 fully saturated rings. The van der Waals surface area contributed by atoms with Gasteiger partial charge in [0.2, 0.25) is 0 Å². The van der Waals surface area contributed by atoms with Crippen LogP contribution >= 0.6 is 0 Å². The number of nitrogens with zero attached hydrogens (tertiary/aromatic N) is 1. The van der Waals surface area contributed by atoms with Crippen molar-refractivity contribution < 1.29 is 9.90 Å². The number of carboxylic acid groups (broad SMARTS) is 1. The van der Waals surface area contributed by atoms with Crippen molar-refractivity contribution in [3.8, 4) is 0 Å². The molecule has 12 heavy (non-hydrogen) atoms. The number of hydrogen-bond donors (Lipinski definition) is 1. The Morgan fingerprint density at radius 3 is 2.92 bits per heavy atom. The molecular formula is C9H9NO2. The number of hydrogen-bond acceptors (Lipinski definition) is 2. The van der Waals surface area contributed by atoms with E-state index in [1.165, 1.54) is 0 Å². The highest BCUT2D eigenvalue weighted by atomic mass is 16.4. The van der Waals surface area contributed by atoms with Crippen LogP contribution in [0.2, 0.25) is 0 Å². The third-order valence-corrected chi connectivity index (χ3v) is 2.18. The fourth-order valence-corrected chi connectivity index (χ4v) is 1.39. The Hall–Kier alpha value is -1.38. The SMILES string of the molecule is O=C(O)[C@H]1C[C@@H]1c1ccccn1. The molecule has 0 aromatic carbocycles. The van der Waals surface area contributed by atoms with Gasteiger partial charge >= 0.3 is 5.97 Å². The first-order valence-corrected chi connectivity index (χ1v) is 3.93. The van der Waals surface area contributed by atoms with Crippen molar-refractivity contribution in [3.05, 3.63) is 30.1 Å². The summed E-state index contributed by atoms with van der Waals surface area (Å²) in [5.74, 6) is -0.741. The van der Waals surface area contributed by atoms with E-state index in [4.69, 9.17) is 5.11 Å². The lowest BCUT2D eigenvalue weighted by molar-refractivity contribution is -0.138. The lowest BCUT2D eigenvalue weighted by Crippen LogP contribution is -1.99. The average Bonchev–Trinajstić information content (AvgIpc) is 2.84. The van der Waals surface area contributed by atoms with Gasteiger partial charge < -0.3 is 5.11 Å². The molecule has 0 aliphatic heterocycles. The van der Waals surface area contributed by atoms with Crippen molar-refractivity contribution >= 4 is 5.97 Å². The summed E-state index contributed by atoms with van der Waals surface area (Å²) >= 11 is 0. The van der Waals surface area contributed by atoms with Crippen LogP contribution in [-0.2, 0) is 4.79 Å². The molecule has 0 bridgehead atoms. The van der Waals surface area contributed by atoms with Crippen LogP contribution < -0.4 is 0 Å². The molecule has 1 heterocycles.